The Hall–Kier alpha value is -4.05. The first-order valence-corrected chi connectivity index (χ1v) is 11.7. The van der Waals surface area contributed by atoms with Crippen molar-refractivity contribution in [3.8, 4) is 23.0 Å². The largest absolute Gasteiger partial charge is 0.504 e. The van der Waals surface area contributed by atoms with Crippen molar-refractivity contribution >= 4 is 29.1 Å². The molecule has 9 nitrogen and oxygen atoms in total. The first-order chi connectivity index (χ1) is 16.9. The number of thiazole rings is 1. The molecule has 3 heterocycles. The van der Waals surface area contributed by atoms with E-state index in [2.05, 4.69) is 0 Å². The van der Waals surface area contributed by atoms with E-state index in [1.807, 2.05) is 6.07 Å². The Bertz CT molecular complexity index is 1550. The average Bonchev–Trinajstić information content (AvgIpc) is 3.43. The molecule has 0 radical (unpaired) electrons. The highest BCUT2D eigenvalue weighted by Gasteiger charge is 2.32. The molecule has 2 aliphatic rings. The molecule has 0 saturated carbocycles. The molecule has 10 heteroatoms. The fourth-order valence-electron chi connectivity index (χ4n) is 4.08. The Balaban J connectivity index is 1.69. The minimum atomic E-state index is -0.736. The van der Waals surface area contributed by atoms with Gasteiger partial charge in [0.2, 0.25) is 6.79 Å². The van der Waals surface area contributed by atoms with Crippen molar-refractivity contribution in [1.29, 1.82) is 0 Å². The molecule has 0 amide bonds. The van der Waals surface area contributed by atoms with Gasteiger partial charge in [0.05, 0.1) is 23.8 Å². The molecule has 1 atom stereocenters. The highest BCUT2D eigenvalue weighted by molar-refractivity contribution is 7.07. The van der Waals surface area contributed by atoms with Crippen molar-refractivity contribution in [3.63, 3.8) is 0 Å². The summed E-state index contributed by atoms with van der Waals surface area (Å²) in [6.45, 7) is 3.76. The number of allylic oxidation sites excluding steroid dienone is 1. The Morgan fingerprint density at radius 3 is 2.83 bits per heavy atom. The minimum absolute atomic E-state index is 0.0286. The summed E-state index contributed by atoms with van der Waals surface area (Å²) in [7, 11) is 1.44. The Morgan fingerprint density at radius 2 is 2.06 bits per heavy atom. The Morgan fingerprint density at radius 1 is 1.26 bits per heavy atom. The van der Waals surface area contributed by atoms with Crippen molar-refractivity contribution in [2.75, 3.05) is 20.5 Å². The molecule has 0 bridgehead atoms. The number of hydrogen-bond acceptors (Lipinski definition) is 9. The quantitative estimate of drug-likeness (QED) is 0.543. The molecule has 2 aliphatic heterocycles. The van der Waals surface area contributed by atoms with Gasteiger partial charge in [-0.15, -0.1) is 0 Å². The maximum Gasteiger partial charge on any atom is 0.338 e. The summed E-state index contributed by atoms with van der Waals surface area (Å²) in [4.78, 5) is 31.5. The number of ether oxygens (including phenoxy) is 4. The van der Waals surface area contributed by atoms with Crippen molar-refractivity contribution in [2.24, 2.45) is 4.99 Å². The summed E-state index contributed by atoms with van der Waals surface area (Å²) in [5.41, 5.74) is 1.80. The molecule has 0 unspecified atom stereocenters. The molecule has 0 aliphatic carbocycles. The van der Waals surface area contributed by atoms with Crippen molar-refractivity contribution in [3.05, 3.63) is 72.8 Å². The predicted molar refractivity (Wildman–Crippen MR) is 128 cm³/mol. The van der Waals surface area contributed by atoms with Crippen LogP contribution >= 0.6 is 11.3 Å². The molecule has 1 aromatic heterocycles. The van der Waals surface area contributed by atoms with Crippen LogP contribution in [0.5, 0.6) is 23.0 Å². The lowest BCUT2D eigenvalue weighted by Gasteiger charge is -2.22. The van der Waals surface area contributed by atoms with Crippen molar-refractivity contribution < 1.29 is 28.8 Å². The highest BCUT2D eigenvalue weighted by Crippen LogP contribution is 2.36. The fourth-order valence-corrected chi connectivity index (χ4v) is 5.12. The smallest absolute Gasteiger partial charge is 0.338 e. The molecule has 0 saturated heterocycles. The van der Waals surface area contributed by atoms with Crippen LogP contribution in [0.2, 0.25) is 0 Å². The van der Waals surface area contributed by atoms with Crippen LogP contribution in [0.3, 0.4) is 0 Å². The molecule has 3 aromatic rings. The Labute approximate surface area is 203 Å². The zero-order valence-corrected chi connectivity index (χ0v) is 20.0. The second-order valence-electron chi connectivity index (χ2n) is 7.83. The van der Waals surface area contributed by atoms with Gasteiger partial charge in [-0.1, -0.05) is 23.5 Å². The van der Waals surface area contributed by atoms with Gasteiger partial charge in [0, 0.05) is 5.70 Å². The van der Waals surface area contributed by atoms with Gasteiger partial charge >= 0.3 is 5.97 Å². The number of nitrogens with zero attached hydrogens (tertiary/aromatic N) is 2. The van der Waals surface area contributed by atoms with Gasteiger partial charge in [-0.3, -0.25) is 9.36 Å². The molecular weight excluding hydrogens is 472 g/mol. The zero-order chi connectivity index (χ0) is 24.7. The van der Waals surface area contributed by atoms with Gasteiger partial charge in [0.25, 0.3) is 5.56 Å². The van der Waals surface area contributed by atoms with Crippen LogP contribution in [0.4, 0.5) is 0 Å². The number of rotatable bonds is 5. The van der Waals surface area contributed by atoms with Crippen LogP contribution in [0.25, 0.3) is 11.8 Å². The van der Waals surface area contributed by atoms with E-state index in [0.29, 0.717) is 32.1 Å². The SMILES string of the molecule is CCOC(=O)C1=C(C)n2c(s/c(=C\c3ccc4c(c3)OCO4)c2=O)=N[C@H]1c1ccc(O)c(OC)c1. The van der Waals surface area contributed by atoms with E-state index >= 15 is 0 Å². The molecule has 2 aromatic carbocycles. The van der Waals surface area contributed by atoms with Gasteiger partial charge in [0.15, 0.2) is 27.8 Å². The van der Waals surface area contributed by atoms with Gasteiger partial charge in [-0.05, 0) is 55.3 Å². The average molecular weight is 495 g/mol. The summed E-state index contributed by atoms with van der Waals surface area (Å²) in [6.07, 6.45) is 1.76. The van der Waals surface area contributed by atoms with Crippen LogP contribution in [-0.4, -0.2) is 36.2 Å². The predicted octanol–water partition coefficient (Wildman–Crippen LogP) is 2.35. The topological polar surface area (TPSA) is 109 Å². The van der Waals surface area contributed by atoms with Crippen LogP contribution < -0.4 is 29.1 Å². The number of carbonyl (C=O) groups is 1. The van der Waals surface area contributed by atoms with Gasteiger partial charge in [0.1, 0.15) is 6.04 Å². The number of phenols is 1. The number of hydrogen-bond donors (Lipinski definition) is 1. The van der Waals surface area contributed by atoms with Gasteiger partial charge in [-0.2, -0.15) is 0 Å². The third kappa shape index (κ3) is 3.95. The fraction of sp³-hybridized carbons (Fsp3) is 0.240. The summed E-state index contributed by atoms with van der Waals surface area (Å²) < 4.78 is 23.2. The number of carbonyl (C=O) groups excluding carboxylic acids is 1. The number of aromatic nitrogens is 1. The summed E-state index contributed by atoms with van der Waals surface area (Å²) >= 11 is 1.22. The molecule has 0 fully saturated rings. The summed E-state index contributed by atoms with van der Waals surface area (Å²) in [6, 6.07) is 9.47. The first-order valence-electron chi connectivity index (χ1n) is 10.9. The number of methoxy groups -OCH3 is 1. The highest BCUT2D eigenvalue weighted by atomic mass is 32.1. The van der Waals surface area contributed by atoms with Gasteiger partial charge in [-0.25, -0.2) is 9.79 Å². The maximum absolute atomic E-state index is 13.4. The van der Waals surface area contributed by atoms with E-state index < -0.39 is 12.0 Å². The van der Waals surface area contributed by atoms with Crippen LogP contribution in [0.15, 0.2) is 51.8 Å². The maximum atomic E-state index is 13.4. The summed E-state index contributed by atoms with van der Waals surface area (Å²) in [5.74, 6) is 0.940. The molecule has 5 rings (SSSR count). The van der Waals surface area contributed by atoms with Crippen LogP contribution in [0.1, 0.15) is 31.0 Å². The second kappa shape index (κ2) is 8.95. The lowest BCUT2D eigenvalue weighted by atomic mass is 9.96. The van der Waals surface area contributed by atoms with Crippen molar-refractivity contribution in [1.82, 2.24) is 4.57 Å². The number of esters is 1. The van der Waals surface area contributed by atoms with Crippen LogP contribution in [0, 0.1) is 0 Å². The lowest BCUT2D eigenvalue weighted by Crippen LogP contribution is -2.35. The third-order valence-electron chi connectivity index (χ3n) is 5.75. The summed E-state index contributed by atoms with van der Waals surface area (Å²) in [5, 5.41) is 10.0. The third-order valence-corrected chi connectivity index (χ3v) is 6.74. The molecule has 180 valence electrons. The van der Waals surface area contributed by atoms with E-state index in [-0.39, 0.29) is 36.0 Å². The molecule has 0 spiro atoms. The Kier molecular flexibility index (Phi) is 5.81. The first kappa shape index (κ1) is 22.7. The zero-order valence-electron chi connectivity index (χ0n) is 19.2. The number of benzene rings is 2. The van der Waals surface area contributed by atoms with E-state index in [9.17, 15) is 14.7 Å². The molecular formula is C25H22N2O7S. The van der Waals surface area contributed by atoms with E-state index in [4.69, 9.17) is 23.9 Å². The monoisotopic (exact) mass is 494 g/mol. The van der Waals surface area contributed by atoms with E-state index in [1.54, 1.807) is 44.2 Å². The van der Waals surface area contributed by atoms with Crippen molar-refractivity contribution in [2.45, 2.75) is 19.9 Å². The number of aromatic hydroxyl groups is 1. The minimum Gasteiger partial charge on any atom is -0.504 e. The number of fused-ring (bicyclic) bond motifs is 2. The molecule has 35 heavy (non-hydrogen) atoms. The van der Waals surface area contributed by atoms with E-state index in [1.165, 1.54) is 29.1 Å². The molecule has 1 N–H and O–H groups in total. The second-order valence-corrected chi connectivity index (χ2v) is 8.84. The van der Waals surface area contributed by atoms with E-state index in [0.717, 1.165) is 5.56 Å². The van der Waals surface area contributed by atoms with Gasteiger partial charge < -0.3 is 24.1 Å². The standard InChI is InChI=1S/C25H22N2O7S/c1-4-32-24(30)21-13(2)27-23(29)20(10-14-5-8-17-19(9-14)34-12-33-17)35-25(27)26-22(21)15-6-7-16(28)18(11-15)31-3/h5-11,22,28H,4,12H2,1-3H3/b20-10-/t22-/m0/s1. The normalized spacial score (nSPS) is 16.7. The van der Waals surface area contributed by atoms with Crippen LogP contribution in [-0.2, 0) is 9.53 Å². The lowest BCUT2D eigenvalue weighted by molar-refractivity contribution is -0.138. The number of phenolic OH excluding ortho intramolecular Hbond substituents is 1.